The first-order chi connectivity index (χ1) is 20.8. The normalized spacial score (nSPS) is 11.3. The maximum atomic E-state index is 4.80. The molecule has 0 N–H and O–H groups in total. The fourth-order valence-electron chi connectivity index (χ4n) is 5.45. The molecule has 0 unspecified atom stereocenters. The molecule has 0 saturated carbocycles. The lowest BCUT2D eigenvalue weighted by Gasteiger charge is -2.13. The lowest BCUT2D eigenvalue weighted by atomic mass is 9.92. The summed E-state index contributed by atoms with van der Waals surface area (Å²) in [5, 5.41) is 6.89. The lowest BCUT2D eigenvalue weighted by molar-refractivity contribution is 1.05. The van der Waals surface area contributed by atoms with Crippen LogP contribution in [0.15, 0.2) is 128 Å². The summed E-state index contributed by atoms with van der Waals surface area (Å²) in [6.07, 6.45) is 4.85. The zero-order valence-corrected chi connectivity index (χ0v) is 22.3. The zero-order chi connectivity index (χ0) is 27.9. The molecule has 7 heteroatoms. The van der Waals surface area contributed by atoms with E-state index in [1.165, 1.54) is 16.2 Å². The molecule has 196 valence electrons. The molecule has 0 spiro atoms. The van der Waals surface area contributed by atoms with Crippen LogP contribution in [0.5, 0.6) is 0 Å². The van der Waals surface area contributed by atoms with Crippen LogP contribution in [0.2, 0.25) is 0 Å². The molecule has 0 atom stereocenters. The molecule has 0 saturated heterocycles. The second kappa shape index (κ2) is 9.91. The second-order valence-electron chi connectivity index (χ2n) is 9.91. The molecule has 0 fully saturated rings. The Morgan fingerprint density at radius 2 is 0.833 bits per heavy atom. The number of nitrogens with zero attached hydrogens (tertiary/aromatic N) is 7. The highest BCUT2D eigenvalue weighted by atomic mass is 15.0. The summed E-state index contributed by atoms with van der Waals surface area (Å²) in [6, 6.07) is 36.9. The van der Waals surface area contributed by atoms with Crippen molar-refractivity contribution in [2.45, 2.75) is 0 Å². The van der Waals surface area contributed by atoms with Crippen molar-refractivity contribution in [2.24, 2.45) is 0 Å². The van der Waals surface area contributed by atoms with Crippen molar-refractivity contribution in [3.8, 4) is 45.7 Å². The smallest absolute Gasteiger partial charge is 0.181 e. The number of hydrogen-bond donors (Lipinski definition) is 0. The summed E-state index contributed by atoms with van der Waals surface area (Å²) in [5.41, 5.74) is 3.50. The quantitative estimate of drug-likeness (QED) is 0.213. The third kappa shape index (κ3) is 4.12. The topological polar surface area (TPSA) is 90.2 Å². The average Bonchev–Trinajstić information content (AvgIpc) is 3.09. The minimum Gasteiger partial charge on any atom is -0.253 e. The van der Waals surface area contributed by atoms with E-state index >= 15 is 0 Å². The summed E-state index contributed by atoms with van der Waals surface area (Å²) < 4.78 is 0. The van der Waals surface area contributed by atoms with Gasteiger partial charge in [0.15, 0.2) is 23.3 Å². The van der Waals surface area contributed by atoms with Gasteiger partial charge in [0.25, 0.3) is 0 Å². The predicted octanol–water partition coefficient (Wildman–Crippen LogP) is 7.58. The number of hydrogen-bond acceptors (Lipinski definition) is 7. The highest BCUT2D eigenvalue weighted by molar-refractivity contribution is 6.26. The molecule has 3 aromatic heterocycles. The Balaban J connectivity index is 1.31. The molecule has 8 rings (SSSR count). The van der Waals surface area contributed by atoms with Crippen LogP contribution < -0.4 is 0 Å². The highest BCUT2D eigenvalue weighted by Crippen LogP contribution is 2.38. The molecule has 0 aliphatic carbocycles. The fraction of sp³-hybridized carbons (Fsp3) is 0. The Kier molecular flexibility index (Phi) is 5.64. The van der Waals surface area contributed by atoms with Gasteiger partial charge in [-0.05, 0) is 56.6 Å². The minimum atomic E-state index is 0.543. The summed E-state index contributed by atoms with van der Waals surface area (Å²) in [5.74, 6) is 2.43. The molecular formula is C35H21N7. The first kappa shape index (κ1) is 23.9. The van der Waals surface area contributed by atoms with E-state index in [9.17, 15) is 0 Å². The Morgan fingerprint density at radius 3 is 1.48 bits per heavy atom. The molecule has 7 nitrogen and oxygen atoms in total. The van der Waals surface area contributed by atoms with Gasteiger partial charge in [-0.15, -0.1) is 0 Å². The number of fused-ring (bicyclic) bond motifs is 6. The highest BCUT2D eigenvalue weighted by Gasteiger charge is 2.14. The zero-order valence-electron chi connectivity index (χ0n) is 22.3. The molecule has 0 aliphatic heterocycles. The van der Waals surface area contributed by atoms with Crippen molar-refractivity contribution < 1.29 is 0 Å². The van der Waals surface area contributed by atoms with E-state index in [2.05, 4.69) is 85.6 Å². The molecule has 0 radical (unpaired) electrons. The van der Waals surface area contributed by atoms with Crippen LogP contribution >= 0.6 is 0 Å². The molecule has 8 aromatic rings. The van der Waals surface area contributed by atoms with E-state index in [1.54, 1.807) is 18.9 Å². The van der Waals surface area contributed by atoms with E-state index in [4.69, 9.17) is 9.97 Å². The van der Waals surface area contributed by atoms with Crippen molar-refractivity contribution in [2.75, 3.05) is 0 Å². The predicted molar refractivity (Wildman–Crippen MR) is 165 cm³/mol. The molecule has 0 aliphatic rings. The third-order valence-corrected chi connectivity index (χ3v) is 7.42. The van der Waals surface area contributed by atoms with E-state index in [1.807, 2.05) is 48.5 Å². The first-order valence-corrected chi connectivity index (χ1v) is 13.6. The number of rotatable bonds is 4. The molecule has 5 aromatic carbocycles. The van der Waals surface area contributed by atoms with E-state index in [0.29, 0.717) is 29.0 Å². The molecule has 42 heavy (non-hydrogen) atoms. The van der Waals surface area contributed by atoms with Crippen molar-refractivity contribution in [3.63, 3.8) is 0 Å². The third-order valence-electron chi connectivity index (χ3n) is 7.42. The number of benzene rings is 5. The van der Waals surface area contributed by atoms with E-state index < -0.39 is 0 Å². The maximum Gasteiger partial charge on any atom is 0.181 e. The Hall–Kier alpha value is -5.95. The van der Waals surface area contributed by atoms with Gasteiger partial charge < -0.3 is 0 Å². The van der Waals surface area contributed by atoms with Gasteiger partial charge >= 0.3 is 0 Å². The monoisotopic (exact) mass is 539 g/mol. The maximum absolute atomic E-state index is 4.80. The SMILES string of the molecule is c1ccc(-c2ncnc(-c3ccc4c5ccccc5c5cc(-c6ncnc(-c7ccccn7)n6)ccc5c4c3)n2)cc1. The van der Waals surface area contributed by atoms with Gasteiger partial charge in [-0.3, -0.25) is 4.98 Å². The summed E-state index contributed by atoms with van der Waals surface area (Å²) >= 11 is 0. The van der Waals surface area contributed by atoms with Crippen molar-refractivity contribution >= 4 is 32.3 Å². The average molecular weight is 540 g/mol. The van der Waals surface area contributed by atoms with Crippen molar-refractivity contribution in [1.29, 1.82) is 0 Å². The summed E-state index contributed by atoms with van der Waals surface area (Å²) in [7, 11) is 0. The minimum absolute atomic E-state index is 0.543. The van der Waals surface area contributed by atoms with E-state index in [0.717, 1.165) is 32.8 Å². The number of aromatic nitrogens is 7. The fourth-order valence-corrected chi connectivity index (χ4v) is 5.45. The van der Waals surface area contributed by atoms with Gasteiger partial charge in [-0.25, -0.2) is 29.9 Å². The summed E-state index contributed by atoms with van der Waals surface area (Å²) in [4.78, 5) is 31.7. The largest absolute Gasteiger partial charge is 0.253 e. The second-order valence-corrected chi connectivity index (χ2v) is 9.91. The summed E-state index contributed by atoms with van der Waals surface area (Å²) in [6.45, 7) is 0. The van der Waals surface area contributed by atoms with Gasteiger partial charge in [-0.1, -0.05) is 84.9 Å². The lowest BCUT2D eigenvalue weighted by Crippen LogP contribution is -1.97. The van der Waals surface area contributed by atoms with Crippen molar-refractivity contribution in [1.82, 2.24) is 34.9 Å². The van der Waals surface area contributed by atoms with Gasteiger partial charge in [0.1, 0.15) is 18.3 Å². The Labute approximate surface area is 240 Å². The van der Waals surface area contributed by atoms with Crippen LogP contribution in [0.4, 0.5) is 0 Å². The van der Waals surface area contributed by atoms with E-state index in [-0.39, 0.29) is 0 Å². The molecule has 0 amide bonds. The van der Waals surface area contributed by atoms with Crippen LogP contribution in [0, 0.1) is 0 Å². The first-order valence-electron chi connectivity index (χ1n) is 13.6. The van der Waals surface area contributed by atoms with Crippen LogP contribution in [-0.4, -0.2) is 34.9 Å². The van der Waals surface area contributed by atoms with Gasteiger partial charge in [0, 0.05) is 22.9 Å². The van der Waals surface area contributed by atoms with Crippen LogP contribution in [0.3, 0.4) is 0 Å². The Morgan fingerprint density at radius 1 is 0.333 bits per heavy atom. The van der Waals surface area contributed by atoms with Gasteiger partial charge in [0.05, 0.1) is 0 Å². The number of pyridine rings is 1. The van der Waals surface area contributed by atoms with Gasteiger partial charge in [-0.2, -0.15) is 0 Å². The van der Waals surface area contributed by atoms with Crippen LogP contribution in [-0.2, 0) is 0 Å². The van der Waals surface area contributed by atoms with Crippen LogP contribution in [0.1, 0.15) is 0 Å². The molecule has 3 heterocycles. The van der Waals surface area contributed by atoms with Gasteiger partial charge in [0.2, 0.25) is 0 Å². The standard InChI is InChI=1S/C35H21N7/c1-2-8-22(9-3-1)32-37-20-38-33(41-32)23-13-15-27-25-10-4-5-11-26(25)29-18-24(14-16-28(29)30(27)19-23)34-39-21-40-35(42-34)31-12-6-7-17-36-31/h1-21H. The molecule has 0 bridgehead atoms. The van der Waals surface area contributed by atoms with Crippen LogP contribution in [0.25, 0.3) is 78.0 Å². The van der Waals surface area contributed by atoms with Crippen molar-refractivity contribution in [3.05, 3.63) is 128 Å². The Bertz CT molecular complexity index is 2130. The molecular weight excluding hydrogens is 518 g/mol.